The van der Waals surface area contributed by atoms with Crippen molar-refractivity contribution in [2.45, 2.75) is 38.5 Å². The third kappa shape index (κ3) is 9.24. The van der Waals surface area contributed by atoms with E-state index >= 15 is 0 Å². The molecule has 3 aliphatic heterocycles. The molecule has 2 aromatic carbocycles. The summed E-state index contributed by atoms with van der Waals surface area (Å²) in [4.78, 5) is 33.1. The zero-order valence-corrected chi connectivity index (χ0v) is 35.0. The number of likely N-dealkylation sites (tertiary alicyclic amines) is 1. The first-order chi connectivity index (χ1) is 27.5. The summed E-state index contributed by atoms with van der Waals surface area (Å²) in [5.74, 6) is 3.86. The second kappa shape index (κ2) is 18.5. The zero-order valence-electron chi connectivity index (χ0n) is 33.4. The molecule has 0 saturated carbocycles. The van der Waals surface area contributed by atoms with Crippen LogP contribution in [0.2, 0.25) is 0 Å². The summed E-state index contributed by atoms with van der Waals surface area (Å²) in [5, 5.41) is 6.90. The number of hydrogen-bond donors (Lipinski definition) is 0. The van der Waals surface area contributed by atoms with Gasteiger partial charge >= 0.3 is 0 Å². The van der Waals surface area contributed by atoms with Gasteiger partial charge in [-0.1, -0.05) is 60.7 Å². The number of anilines is 2. The Bertz CT molecular complexity index is 2120. The molecule has 3 aliphatic rings. The van der Waals surface area contributed by atoms with E-state index in [9.17, 15) is 0 Å². The van der Waals surface area contributed by atoms with E-state index in [1.54, 1.807) is 35.3 Å². The van der Waals surface area contributed by atoms with Crippen LogP contribution in [-0.2, 0) is 0 Å². The van der Waals surface area contributed by atoms with E-state index in [0.29, 0.717) is 0 Å². The van der Waals surface area contributed by atoms with Crippen molar-refractivity contribution in [1.82, 2.24) is 34.6 Å². The Morgan fingerprint density at radius 3 is 1.57 bits per heavy atom. The predicted octanol–water partition coefficient (Wildman–Crippen LogP) is 8.74. The van der Waals surface area contributed by atoms with Crippen molar-refractivity contribution in [2.24, 2.45) is 11.8 Å². The van der Waals surface area contributed by atoms with Crippen LogP contribution in [0.1, 0.15) is 38.5 Å². The molecule has 0 bridgehead atoms. The monoisotopic (exact) mass is 787 g/mol. The van der Waals surface area contributed by atoms with Gasteiger partial charge in [-0.2, -0.15) is 0 Å². The first-order valence-corrected chi connectivity index (χ1v) is 22.4. The van der Waals surface area contributed by atoms with E-state index in [-0.39, 0.29) is 0 Å². The van der Waals surface area contributed by atoms with Gasteiger partial charge < -0.3 is 24.5 Å². The molecule has 0 atom stereocenters. The average molecular weight is 788 g/mol. The maximum atomic E-state index is 4.74. The lowest BCUT2D eigenvalue weighted by molar-refractivity contribution is 0.142. The highest BCUT2D eigenvalue weighted by Gasteiger charge is 2.27. The fourth-order valence-corrected chi connectivity index (χ4v) is 10.5. The molecule has 9 rings (SSSR count). The topological polar surface area (TPSA) is 67.8 Å². The Hall–Kier alpha value is -4.00. The number of fused-ring (bicyclic) bond motifs is 2. The van der Waals surface area contributed by atoms with Gasteiger partial charge in [0.05, 0.1) is 10.8 Å². The second-order valence-electron chi connectivity index (χ2n) is 16.2. The molecule has 0 unspecified atom stereocenters. The summed E-state index contributed by atoms with van der Waals surface area (Å²) in [6, 6.07) is 21.2. The van der Waals surface area contributed by atoms with E-state index in [0.717, 1.165) is 65.9 Å². The lowest BCUT2D eigenvalue weighted by Crippen LogP contribution is -2.44. The Labute approximate surface area is 341 Å². The Morgan fingerprint density at radius 2 is 1.11 bits per heavy atom. The van der Waals surface area contributed by atoms with Crippen LogP contribution in [0.15, 0.2) is 84.1 Å². The third-order valence-corrected chi connectivity index (χ3v) is 13.7. The van der Waals surface area contributed by atoms with Crippen LogP contribution in [0.25, 0.3) is 42.7 Å². The van der Waals surface area contributed by atoms with Crippen LogP contribution < -0.4 is 9.80 Å². The molecule has 9 nitrogen and oxygen atoms in total. The molecule has 0 aliphatic carbocycles. The lowest BCUT2D eigenvalue weighted by Gasteiger charge is -2.38. The molecular formula is C45H57N9S2. The standard InChI is InChI=1S/C24H33N5S.C21H24N4S/c1-27(2)12-7-13-28(3)16-19-10-14-29(15-11-19)23-22-21(20-8-5-4-6-9-20)17-30-24(22)26-18-25-23;1-2-5-17(6-3-1)18-14-26-21-19(18)20(22-15-23-21)25-11-7-16(8-12-25)13-24-9-4-10-24/h4-6,8-9,17-19H,7,10-16H2,1-3H3;1-3,5-6,14-16H,4,7-13H2. The maximum absolute atomic E-state index is 4.74. The van der Waals surface area contributed by atoms with E-state index in [1.807, 2.05) is 0 Å². The first kappa shape index (κ1) is 38.9. The van der Waals surface area contributed by atoms with E-state index in [1.165, 1.54) is 104 Å². The van der Waals surface area contributed by atoms with Crippen LogP contribution in [-0.4, -0.2) is 121 Å². The highest BCUT2D eigenvalue weighted by Crippen LogP contribution is 2.40. The molecule has 294 valence electrons. The number of thiophene rings is 2. The van der Waals surface area contributed by atoms with E-state index in [2.05, 4.69) is 127 Å². The van der Waals surface area contributed by atoms with Crippen LogP contribution in [0.4, 0.5) is 11.6 Å². The van der Waals surface area contributed by atoms with E-state index in [4.69, 9.17) is 9.97 Å². The van der Waals surface area contributed by atoms with Crippen LogP contribution in [0.3, 0.4) is 0 Å². The Kier molecular flexibility index (Phi) is 12.8. The van der Waals surface area contributed by atoms with Gasteiger partial charge in [-0.3, -0.25) is 0 Å². The van der Waals surface area contributed by atoms with Gasteiger partial charge in [0.2, 0.25) is 0 Å². The van der Waals surface area contributed by atoms with Crippen molar-refractivity contribution >= 4 is 54.7 Å². The normalized spacial score (nSPS) is 17.2. The second-order valence-corrected chi connectivity index (χ2v) is 17.9. The van der Waals surface area contributed by atoms with Crippen LogP contribution in [0, 0.1) is 11.8 Å². The average Bonchev–Trinajstić information content (AvgIpc) is 3.86. The van der Waals surface area contributed by atoms with Gasteiger partial charge in [0.1, 0.15) is 34.0 Å². The molecular weight excluding hydrogens is 731 g/mol. The number of benzene rings is 2. The largest absolute Gasteiger partial charge is 0.356 e. The maximum Gasteiger partial charge on any atom is 0.141 e. The highest BCUT2D eigenvalue weighted by molar-refractivity contribution is 7.17. The molecule has 11 heteroatoms. The SMILES string of the molecule is CN(C)CCCN(C)CC1CCN(c2ncnc3scc(-c4ccccc4)c23)CC1.c1ccc(-c2csc3ncnc(N4CCC(CN5CCC5)CC4)c23)cc1. The van der Waals surface area contributed by atoms with Crippen molar-refractivity contribution in [3.63, 3.8) is 0 Å². The van der Waals surface area contributed by atoms with Crippen LogP contribution in [0.5, 0.6) is 0 Å². The van der Waals surface area contributed by atoms with Crippen molar-refractivity contribution in [2.75, 3.05) is 96.4 Å². The van der Waals surface area contributed by atoms with Crippen molar-refractivity contribution in [3.8, 4) is 22.3 Å². The molecule has 3 saturated heterocycles. The zero-order chi connectivity index (χ0) is 38.3. The molecule has 0 spiro atoms. The summed E-state index contributed by atoms with van der Waals surface area (Å²) in [7, 11) is 6.57. The fourth-order valence-electron chi connectivity index (χ4n) is 8.63. The van der Waals surface area contributed by atoms with Crippen molar-refractivity contribution in [1.29, 1.82) is 0 Å². The minimum Gasteiger partial charge on any atom is -0.356 e. The molecule has 56 heavy (non-hydrogen) atoms. The number of nitrogens with zero attached hydrogens (tertiary/aromatic N) is 9. The van der Waals surface area contributed by atoms with Crippen molar-refractivity contribution in [3.05, 3.63) is 84.1 Å². The molecule has 0 amide bonds. The summed E-state index contributed by atoms with van der Waals surface area (Å²) in [6.07, 6.45) is 11.1. The van der Waals surface area contributed by atoms with Gasteiger partial charge in [-0.15, -0.1) is 22.7 Å². The third-order valence-electron chi connectivity index (χ3n) is 11.9. The van der Waals surface area contributed by atoms with Crippen LogP contribution >= 0.6 is 22.7 Å². The fraction of sp³-hybridized carbons (Fsp3) is 0.467. The van der Waals surface area contributed by atoms with E-state index < -0.39 is 0 Å². The smallest absolute Gasteiger partial charge is 0.141 e. The van der Waals surface area contributed by atoms with Gasteiger partial charge in [0.15, 0.2) is 0 Å². The summed E-state index contributed by atoms with van der Waals surface area (Å²) < 4.78 is 0. The summed E-state index contributed by atoms with van der Waals surface area (Å²) in [5.41, 5.74) is 5.02. The number of rotatable bonds is 12. The summed E-state index contributed by atoms with van der Waals surface area (Å²) >= 11 is 3.44. The van der Waals surface area contributed by atoms with Gasteiger partial charge in [-0.25, -0.2) is 19.9 Å². The first-order valence-electron chi connectivity index (χ1n) is 20.6. The Morgan fingerprint density at radius 1 is 0.607 bits per heavy atom. The number of aromatic nitrogens is 4. The quantitative estimate of drug-likeness (QED) is 0.121. The molecule has 7 heterocycles. The lowest BCUT2D eigenvalue weighted by atomic mass is 9.94. The Balaban J connectivity index is 0.000000159. The van der Waals surface area contributed by atoms with Gasteiger partial charge in [-0.05, 0) is 109 Å². The predicted molar refractivity (Wildman–Crippen MR) is 237 cm³/mol. The summed E-state index contributed by atoms with van der Waals surface area (Å²) in [6.45, 7) is 11.8. The minimum atomic E-state index is 0.777. The molecule has 6 aromatic rings. The minimum absolute atomic E-state index is 0.777. The van der Waals surface area contributed by atoms with Gasteiger partial charge in [0, 0.05) is 61.2 Å². The number of piperidine rings is 2. The molecule has 4 aromatic heterocycles. The molecule has 0 N–H and O–H groups in total. The van der Waals surface area contributed by atoms with Crippen molar-refractivity contribution < 1.29 is 0 Å². The number of hydrogen-bond acceptors (Lipinski definition) is 11. The molecule has 0 radical (unpaired) electrons. The molecule has 3 fully saturated rings. The highest BCUT2D eigenvalue weighted by atomic mass is 32.1. The van der Waals surface area contributed by atoms with Gasteiger partial charge in [0.25, 0.3) is 0 Å².